The summed E-state index contributed by atoms with van der Waals surface area (Å²) in [5, 5.41) is 31.1. The Bertz CT molecular complexity index is 2210. The summed E-state index contributed by atoms with van der Waals surface area (Å²) in [6.45, 7) is 0. The third-order valence-electron chi connectivity index (χ3n) is 10.6. The van der Waals surface area contributed by atoms with Gasteiger partial charge in [0, 0.05) is 11.3 Å². The van der Waals surface area contributed by atoms with Crippen molar-refractivity contribution in [1.82, 2.24) is 0 Å². The number of phenolic OH excluding ortho intramolecular Hbond substituents is 1. The number of imide groups is 2. The summed E-state index contributed by atoms with van der Waals surface area (Å²) in [5.41, 5.74) is 1.55. The van der Waals surface area contributed by atoms with Gasteiger partial charge in [-0.05, 0) is 72.2 Å². The molecule has 0 radical (unpaired) electrons. The van der Waals surface area contributed by atoms with Crippen LogP contribution < -0.4 is 9.80 Å². The number of benzene rings is 4. The van der Waals surface area contributed by atoms with Crippen LogP contribution in [-0.2, 0) is 19.2 Å². The molecule has 0 spiro atoms. The van der Waals surface area contributed by atoms with Crippen LogP contribution in [0.4, 0.5) is 11.4 Å². The summed E-state index contributed by atoms with van der Waals surface area (Å²) in [5.74, 6) is -9.06. The predicted molar refractivity (Wildman–Crippen MR) is 175 cm³/mol. The number of hydrogen-bond acceptors (Lipinski definition) is 7. The number of carbonyl (C=O) groups is 6. The summed E-state index contributed by atoms with van der Waals surface area (Å²) in [7, 11) is 0. The molecule has 4 aromatic carbocycles. The molecule has 0 bridgehead atoms. The molecular formula is C38H28N2O9. The fourth-order valence-corrected chi connectivity index (χ4v) is 8.58. The largest absolute Gasteiger partial charge is 0.507 e. The second-order valence-electron chi connectivity index (χ2n) is 13.0. The van der Waals surface area contributed by atoms with Crippen molar-refractivity contribution in [2.24, 2.45) is 29.6 Å². The number of rotatable bonds is 5. The molecule has 2 aliphatic carbocycles. The molecule has 4 aromatic rings. The van der Waals surface area contributed by atoms with Crippen LogP contribution in [0.5, 0.6) is 5.75 Å². The highest BCUT2D eigenvalue weighted by Crippen LogP contribution is 2.59. The lowest BCUT2D eigenvalue weighted by Crippen LogP contribution is -2.43. The maximum atomic E-state index is 14.5. The molecule has 6 atom stereocenters. The molecule has 1 saturated carbocycles. The number of fused-ring (bicyclic) bond motifs is 5. The molecule has 6 unspecified atom stereocenters. The van der Waals surface area contributed by atoms with Gasteiger partial charge in [-0.2, -0.15) is 0 Å². The van der Waals surface area contributed by atoms with Crippen molar-refractivity contribution in [2.75, 3.05) is 9.80 Å². The minimum absolute atomic E-state index is 0.0395. The molecule has 3 N–H and O–H groups in total. The Morgan fingerprint density at radius 3 is 1.80 bits per heavy atom. The van der Waals surface area contributed by atoms with Crippen LogP contribution in [0, 0.1) is 29.6 Å². The van der Waals surface area contributed by atoms with Crippen molar-refractivity contribution < 1.29 is 44.1 Å². The van der Waals surface area contributed by atoms with Crippen molar-refractivity contribution in [2.45, 2.75) is 18.8 Å². The molecule has 3 fully saturated rings. The predicted octanol–water partition coefficient (Wildman–Crippen LogP) is 4.99. The van der Waals surface area contributed by atoms with E-state index in [4.69, 9.17) is 0 Å². The van der Waals surface area contributed by atoms with Crippen molar-refractivity contribution in [3.63, 3.8) is 0 Å². The van der Waals surface area contributed by atoms with E-state index in [9.17, 15) is 44.1 Å². The first kappa shape index (κ1) is 30.2. The minimum Gasteiger partial charge on any atom is -0.507 e. The minimum atomic E-state index is -1.21. The van der Waals surface area contributed by atoms with E-state index in [1.807, 2.05) is 18.2 Å². The van der Waals surface area contributed by atoms with Crippen molar-refractivity contribution >= 4 is 57.7 Å². The van der Waals surface area contributed by atoms with Crippen LogP contribution >= 0.6 is 0 Å². The lowest BCUT2D eigenvalue weighted by molar-refractivity contribution is -0.126. The summed E-state index contributed by atoms with van der Waals surface area (Å²) in [6, 6.07) is 21.7. The van der Waals surface area contributed by atoms with E-state index in [0.29, 0.717) is 16.3 Å². The number of hydrogen-bond donors (Lipinski definition) is 3. The molecule has 8 rings (SSSR count). The number of phenols is 1. The number of carboxylic acids is 2. The zero-order chi connectivity index (χ0) is 34.3. The molecule has 2 aliphatic heterocycles. The van der Waals surface area contributed by atoms with E-state index < -0.39 is 71.1 Å². The quantitative estimate of drug-likeness (QED) is 0.198. The molecule has 244 valence electrons. The molecular weight excluding hydrogens is 628 g/mol. The number of anilines is 2. The highest BCUT2D eigenvalue weighted by atomic mass is 16.4. The molecule has 11 nitrogen and oxygen atoms in total. The normalized spacial score (nSPS) is 26.0. The zero-order valence-electron chi connectivity index (χ0n) is 25.7. The van der Waals surface area contributed by atoms with Gasteiger partial charge in [-0.15, -0.1) is 0 Å². The number of aromatic hydroxyl groups is 1. The average Bonchev–Trinajstić information content (AvgIpc) is 3.51. The number of carboxylic acid groups (broad SMARTS) is 2. The van der Waals surface area contributed by atoms with E-state index in [1.165, 1.54) is 48.5 Å². The van der Waals surface area contributed by atoms with Crippen LogP contribution in [0.3, 0.4) is 0 Å². The van der Waals surface area contributed by atoms with Crippen molar-refractivity contribution in [3.8, 4) is 5.75 Å². The first-order valence-electron chi connectivity index (χ1n) is 15.9. The van der Waals surface area contributed by atoms with Gasteiger partial charge in [0.05, 0.1) is 46.2 Å². The van der Waals surface area contributed by atoms with E-state index in [2.05, 4.69) is 0 Å². The van der Waals surface area contributed by atoms with Crippen LogP contribution in [0.1, 0.15) is 45.0 Å². The van der Waals surface area contributed by atoms with Gasteiger partial charge < -0.3 is 15.3 Å². The second kappa shape index (κ2) is 11.0. The average molecular weight is 657 g/mol. The van der Waals surface area contributed by atoms with Crippen molar-refractivity contribution in [3.05, 3.63) is 113 Å². The topological polar surface area (TPSA) is 170 Å². The maximum Gasteiger partial charge on any atom is 0.335 e. The lowest BCUT2D eigenvalue weighted by Gasteiger charge is -2.44. The van der Waals surface area contributed by atoms with Gasteiger partial charge in [-0.1, -0.05) is 54.1 Å². The maximum absolute atomic E-state index is 14.5. The highest BCUT2D eigenvalue weighted by molar-refractivity contribution is 6.24. The molecule has 0 aromatic heterocycles. The number of aromatic carboxylic acids is 2. The van der Waals surface area contributed by atoms with Gasteiger partial charge in [0.15, 0.2) is 0 Å². The van der Waals surface area contributed by atoms with Crippen LogP contribution in [0.2, 0.25) is 0 Å². The molecule has 4 aliphatic rings. The fraction of sp³-hybridized carbons (Fsp3) is 0.211. The third-order valence-corrected chi connectivity index (χ3v) is 10.6. The van der Waals surface area contributed by atoms with Gasteiger partial charge in [0.2, 0.25) is 23.6 Å². The third kappa shape index (κ3) is 4.42. The highest BCUT2D eigenvalue weighted by Gasteiger charge is 2.62. The lowest BCUT2D eigenvalue weighted by atomic mass is 9.57. The van der Waals surface area contributed by atoms with Crippen LogP contribution in [-0.4, -0.2) is 50.9 Å². The summed E-state index contributed by atoms with van der Waals surface area (Å²) < 4.78 is 0. The van der Waals surface area contributed by atoms with Gasteiger partial charge in [-0.25, -0.2) is 9.59 Å². The Morgan fingerprint density at radius 1 is 0.612 bits per heavy atom. The van der Waals surface area contributed by atoms with Crippen LogP contribution in [0.25, 0.3) is 10.8 Å². The standard InChI is InChI=1S/C38H28N2O9/c41-29-14-13-24(22-9-1-2-10-23(22)29)30-25-11-12-26-31(35(44)39(33(26)42)20-7-3-5-18(15-20)37(46)47)27(25)17-28-32(30)36(45)40(34(28)43)21-8-4-6-19(16-21)38(48)49/h1-11,13-16,26-28,30-32,41H,12,17H2,(H,46,47)(H,48,49). The molecule has 49 heavy (non-hydrogen) atoms. The van der Waals surface area contributed by atoms with Gasteiger partial charge in [-0.3, -0.25) is 29.0 Å². The summed E-state index contributed by atoms with van der Waals surface area (Å²) >= 11 is 0. The monoisotopic (exact) mass is 656 g/mol. The fourth-order valence-electron chi connectivity index (χ4n) is 8.58. The SMILES string of the molecule is O=C(O)c1cccc(N2C(=O)C3CC=C4C(CC5C(=O)N(c6cccc(C(=O)O)c6)C(=O)C5C4c4ccc(O)c5ccccc45)C3C2=O)c1. The molecule has 11 heteroatoms. The van der Waals surface area contributed by atoms with E-state index in [-0.39, 0.29) is 41.1 Å². The Kier molecular flexibility index (Phi) is 6.78. The number of allylic oxidation sites excluding steroid dienone is 2. The Hall–Kier alpha value is -6.10. The van der Waals surface area contributed by atoms with Crippen molar-refractivity contribution in [1.29, 1.82) is 0 Å². The van der Waals surface area contributed by atoms with E-state index >= 15 is 0 Å². The first-order chi connectivity index (χ1) is 23.6. The van der Waals surface area contributed by atoms with E-state index in [1.54, 1.807) is 24.3 Å². The molecule has 2 heterocycles. The first-order valence-corrected chi connectivity index (χ1v) is 15.9. The Balaban J connectivity index is 1.27. The number of carbonyl (C=O) groups excluding carboxylic acids is 4. The second-order valence-corrected chi connectivity index (χ2v) is 13.0. The summed E-state index contributed by atoms with van der Waals surface area (Å²) in [6.07, 6.45) is 2.21. The Labute approximate surface area is 278 Å². The van der Waals surface area contributed by atoms with Gasteiger partial charge in [0.25, 0.3) is 0 Å². The molecule has 2 saturated heterocycles. The Morgan fingerprint density at radius 2 is 1.18 bits per heavy atom. The van der Waals surface area contributed by atoms with Crippen LogP contribution in [0.15, 0.2) is 96.6 Å². The summed E-state index contributed by atoms with van der Waals surface area (Å²) in [4.78, 5) is 82.5. The smallest absolute Gasteiger partial charge is 0.335 e. The van der Waals surface area contributed by atoms with E-state index in [0.717, 1.165) is 15.4 Å². The number of nitrogens with zero attached hydrogens (tertiary/aromatic N) is 2. The molecule has 4 amide bonds. The zero-order valence-corrected chi connectivity index (χ0v) is 25.7. The van der Waals surface area contributed by atoms with Gasteiger partial charge in [0.1, 0.15) is 5.75 Å². The van der Waals surface area contributed by atoms with Gasteiger partial charge >= 0.3 is 11.9 Å². The number of amides is 4.